The summed E-state index contributed by atoms with van der Waals surface area (Å²) in [5.41, 5.74) is 3.48. The highest BCUT2D eigenvalue weighted by Crippen LogP contribution is 2.34. The van der Waals surface area contributed by atoms with E-state index in [-0.39, 0.29) is 5.92 Å². The number of allylic oxidation sites excluding steroid dienone is 2. The van der Waals surface area contributed by atoms with Gasteiger partial charge in [0.2, 0.25) is 0 Å². The Labute approximate surface area is 97.2 Å². The minimum absolute atomic E-state index is 0.118. The van der Waals surface area contributed by atoms with Crippen molar-refractivity contribution in [1.82, 2.24) is 0 Å². The van der Waals surface area contributed by atoms with E-state index in [4.69, 9.17) is 0 Å². The maximum absolute atomic E-state index is 11.9. The van der Waals surface area contributed by atoms with Crippen LogP contribution >= 0.6 is 0 Å². The van der Waals surface area contributed by atoms with Gasteiger partial charge in [0, 0.05) is 5.92 Å². The third-order valence-corrected chi connectivity index (χ3v) is 3.59. The predicted molar refractivity (Wildman–Crippen MR) is 66.5 cm³/mol. The van der Waals surface area contributed by atoms with Gasteiger partial charge < -0.3 is 0 Å². The van der Waals surface area contributed by atoms with E-state index in [0.717, 1.165) is 12.0 Å². The van der Waals surface area contributed by atoms with Crippen molar-refractivity contribution in [2.75, 3.05) is 0 Å². The zero-order valence-electron chi connectivity index (χ0n) is 10.2. The first-order chi connectivity index (χ1) is 7.59. The van der Waals surface area contributed by atoms with Gasteiger partial charge in [-0.05, 0) is 37.3 Å². The molecule has 0 N–H and O–H groups in total. The van der Waals surface area contributed by atoms with Crippen LogP contribution in [0.3, 0.4) is 0 Å². The van der Waals surface area contributed by atoms with Crippen LogP contribution in [-0.2, 0) is 4.79 Å². The number of hydrogen-bond acceptors (Lipinski definition) is 1. The van der Waals surface area contributed by atoms with Crippen molar-refractivity contribution < 1.29 is 4.79 Å². The van der Waals surface area contributed by atoms with Crippen molar-refractivity contribution in [2.24, 2.45) is 5.92 Å². The molecule has 2 atom stereocenters. The Balaban J connectivity index is 2.29. The molecule has 1 heteroatoms. The van der Waals surface area contributed by atoms with Crippen LogP contribution in [0.15, 0.2) is 35.9 Å². The summed E-state index contributed by atoms with van der Waals surface area (Å²) in [6.07, 6.45) is 3.06. The number of rotatable bonds is 1. The van der Waals surface area contributed by atoms with Crippen LogP contribution in [0, 0.1) is 12.8 Å². The van der Waals surface area contributed by atoms with Crippen LogP contribution in [0.2, 0.25) is 0 Å². The normalized spacial score (nSPS) is 25.4. The summed E-state index contributed by atoms with van der Waals surface area (Å²) >= 11 is 0. The smallest absolute Gasteiger partial charge is 0.161 e. The largest absolute Gasteiger partial charge is 0.294 e. The molecule has 1 aliphatic rings. The van der Waals surface area contributed by atoms with E-state index in [0.29, 0.717) is 11.7 Å². The monoisotopic (exact) mass is 214 g/mol. The van der Waals surface area contributed by atoms with Crippen LogP contribution in [0.4, 0.5) is 0 Å². The second kappa shape index (κ2) is 4.25. The Morgan fingerprint density at radius 3 is 2.38 bits per heavy atom. The average Bonchev–Trinajstić information content (AvgIpc) is 2.28. The highest BCUT2D eigenvalue weighted by Gasteiger charge is 2.28. The van der Waals surface area contributed by atoms with Gasteiger partial charge in [-0.2, -0.15) is 0 Å². The first-order valence-electron chi connectivity index (χ1n) is 5.87. The van der Waals surface area contributed by atoms with Crippen molar-refractivity contribution in [2.45, 2.75) is 33.1 Å². The molecule has 0 fully saturated rings. The van der Waals surface area contributed by atoms with Crippen molar-refractivity contribution >= 4 is 5.78 Å². The number of ketones is 1. The molecule has 0 aliphatic heterocycles. The molecule has 1 aromatic rings. The lowest BCUT2D eigenvalue weighted by atomic mass is 9.76. The minimum atomic E-state index is 0.118. The van der Waals surface area contributed by atoms with Crippen LogP contribution in [-0.4, -0.2) is 5.78 Å². The van der Waals surface area contributed by atoms with Crippen LogP contribution in [0.25, 0.3) is 0 Å². The van der Waals surface area contributed by atoms with Gasteiger partial charge in [0.15, 0.2) is 5.78 Å². The number of carbonyl (C=O) groups excluding carboxylic acids is 1. The Bertz CT molecular complexity index is 425. The highest BCUT2D eigenvalue weighted by atomic mass is 16.1. The summed E-state index contributed by atoms with van der Waals surface area (Å²) in [5.74, 6) is 0.779. The zero-order valence-corrected chi connectivity index (χ0v) is 10.2. The van der Waals surface area contributed by atoms with E-state index in [1.807, 2.05) is 13.8 Å². The molecular formula is C15H18O. The average molecular weight is 214 g/mol. The van der Waals surface area contributed by atoms with Crippen LogP contribution in [0.5, 0.6) is 0 Å². The molecule has 1 nitrogen and oxygen atoms in total. The molecule has 0 spiro atoms. The Hall–Kier alpha value is -1.37. The van der Waals surface area contributed by atoms with E-state index < -0.39 is 0 Å². The summed E-state index contributed by atoms with van der Waals surface area (Å²) in [6, 6.07) is 8.55. The topological polar surface area (TPSA) is 17.1 Å². The molecule has 0 amide bonds. The molecule has 0 bridgehead atoms. The minimum Gasteiger partial charge on any atom is -0.294 e. The molecule has 0 aromatic heterocycles. The molecule has 0 heterocycles. The van der Waals surface area contributed by atoms with E-state index in [1.54, 1.807) is 0 Å². The van der Waals surface area contributed by atoms with Crippen molar-refractivity contribution in [3.05, 3.63) is 47.0 Å². The fourth-order valence-electron chi connectivity index (χ4n) is 2.39. The van der Waals surface area contributed by atoms with Gasteiger partial charge in [-0.25, -0.2) is 0 Å². The molecule has 1 aliphatic carbocycles. The number of hydrogen-bond donors (Lipinski definition) is 0. The van der Waals surface area contributed by atoms with Gasteiger partial charge in [-0.3, -0.25) is 4.79 Å². The van der Waals surface area contributed by atoms with Gasteiger partial charge in [-0.1, -0.05) is 42.8 Å². The second-order valence-corrected chi connectivity index (χ2v) is 4.79. The fraction of sp³-hybridized carbons (Fsp3) is 0.400. The van der Waals surface area contributed by atoms with Crippen LogP contribution in [0.1, 0.15) is 37.3 Å². The third-order valence-electron chi connectivity index (χ3n) is 3.59. The van der Waals surface area contributed by atoms with Gasteiger partial charge in [0.05, 0.1) is 0 Å². The van der Waals surface area contributed by atoms with Crippen molar-refractivity contribution in [3.8, 4) is 0 Å². The van der Waals surface area contributed by atoms with E-state index in [1.165, 1.54) is 11.1 Å². The highest BCUT2D eigenvalue weighted by molar-refractivity contribution is 5.97. The number of carbonyl (C=O) groups is 1. The lowest BCUT2D eigenvalue weighted by molar-refractivity contribution is -0.119. The van der Waals surface area contributed by atoms with Crippen molar-refractivity contribution in [3.63, 3.8) is 0 Å². The summed E-state index contributed by atoms with van der Waals surface area (Å²) in [7, 11) is 0. The van der Waals surface area contributed by atoms with E-state index in [9.17, 15) is 4.79 Å². The SMILES string of the molecule is CC1=CCC(c2ccc(C)cc2)C(C)C1=O. The predicted octanol–water partition coefficient (Wildman–Crippen LogP) is 3.63. The fourth-order valence-corrected chi connectivity index (χ4v) is 2.39. The molecular weight excluding hydrogens is 196 g/mol. The molecule has 0 radical (unpaired) electrons. The van der Waals surface area contributed by atoms with Gasteiger partial charge >= 0.3 is 0 Å². The van der Waals surface area contributed by atoms with E-state index >= 15 is 0 Å². The van der Waals surface area contributed by atoms with Gasteiger partial charge in [0.1, 0.15) is 0 Å². The first-order valence-corrected chi connectivity index (χ1v) is 5.87. The molecule has 84 valence electrons. The lowest BCUT2D eigenvalue weighted by Gasteiger charge is -2.26. The Morgan fingerprint density at radius 1 is 1.12 bits per heavy atom. The zero-order chi connectivity index (χ0) is 11.7. The maximum atomic E-state index is 11.9. The molecule has 16 heavy (non-hydrogen) atoms. The molecule has 0 saturated heterocycles. The standard InChI is InChI=1S/C15H18O/c1-10-4-7-13(8-5-10)14-9-6-11(2)15(16)12(14)3/h4-8,12,14H,9H2,1-3H3. The maximum Gasteiger partial charge on any atom is 0.161 e. The Morgan fingerprint density at radius 2 is 1.75 bits per heavy atom. The molecule has 1 aromatic carbocycles. The summed E-state index contributed by atoms with van der Waals surface area (Å²) < 4.78 is 0. The number of Topliss-reactive ketones (excluding diaryl/α,β-unsaturated/α-hetero) is 1. The van der Waals surface area contributed by atoms with E-state index in [2.05, 4.69) is 37.3 Å². The van der Waals surface area contributed by atoms with Crippen LogP contribution < -0.4 is 0 Å². The number of aryl methyl sites for hydroxylation is 1. The summed E-state index contributed by atoms with van der Waals surface area (Å²) in [5, 5.41) is 0. The third kappa shape index (κ3) is 1.95. The summed E-state index contributed by atoms with van der Waals surface area (Å²) in [4.78, 5) is 11.9. The number of benzene rings is 1. The second-order valence-electron chi connectivity index (χ2n) is 4.79. The summed E-state index contributed by atoms with van der Waals surface area (Å²) in [6.45, 7) is 6.05. The molecule has 0 saturated carbocycles. The Kier molecular flexibility index (Phi) is 2.95. The first kappa shape index (κ1) is 11.1. The van der Waals surface area contributed by atoms with Gasteiger partial charge in [0.25, 0.3) is 0 Å². The molecule has 2 unspecified atom stereocenters. The van der Waals surface area contributed by atoms with Gasteiger partial charge in [-0.15, -0.1) is 0 Å². The molecule has 2 rings (SSSR count). The quantitative estimate of drug-likeness (QED) is 0.697. The lowest BCUT2D eigenvalue weighted by Crippen LogP contribution is -2.23. The van der Waals surface area contributed by atoms with Crippen molar-refractivity contribution in [1.29, 1.82) is 0 Å².